The first-order valence-corrected chi connectivity index (χ1v) is 6.90. The van der Waals surface area contributed by atoms with Crippen molar-refractivity contribution in [3.63, 3.8) is 0 Å². The van der Waals surface area contributed by atoms with Gasteiger partial charge in [-0.15, -0.1) is 0 Å². The molecule has 1 heterocycles. The van der Waals surface area contributed by atoms with Crippen LogP contribution in [-0.4, -0.2) is 5.16 Å². The summed E-state index contributed by atoms with van der Waals surface area (Å²) in [6.07, 6.45) is 3.63. The van der Waals surface area contributed by atoms with Crippen molar-refractivity contribution in [2.24, 2.45) is 5.41 Å². The summed E-state index contributed by atoms with van der Waals surface area (Å²) in [4.78, 5) is 0. The first-order valence-electron chi connectivity index (χ1n) is 6.90. The minimum absolute atomic E-state index is 0.259. The van der Waals surface area contributed by atoms with Crippen LogP contribution in [0.25, 0.3) is 11.1 Å². The first kappa shape index (κ1) is 12.3. The number of nitrogen functional groups attached to an aromatic ring is 1. The molecule has 0 bridgehead atoms. The lowest BCUT2D eigenvalue weighted by Gasteiger charge is -2.25. The van der Waals surface area contributed by atoms with Gasteiger partial charge in [-0.05, 0) is 23.8 Å². The summed E-state index contributed by atoms with van der Waals surface area (Å²) in [5, 5.41) is 4.01. The standard InChI is InChI=1S/C16H20N2O/c1-16(2)10-6-9-12(16)14-13(15(17)18-19-14)11-7-4-3-5-8-11/h3-5,7-8,12H,6,9-10H2,1-2H3,(H2,17,18). The Hall–Kier alpha value is -1.77. The molecule has 2 N–H and O–H groups in total. The van der Waals surface area contributed by atoms with E-state index in [4.69, 9.17) is 10.3 Å². The van der Waals surface area contributed by atoms with Crippen LogP contribution < -0.4 is 5.73 Å². The number of nitrogens with two attached hydrogens (primary N) is 1. The van der Waals surface area contributed by atoms with Crippen molar-refractivity contribution in [3.05, 3.63) is 36.1 Å². The molecule has 0 amide bonds. The lowest BCUT2D eigenvalue weighted by atomic mass is 9.79. The SMILES string of the molecule is CC1(C)CCCC1c1onc(N)c1-c1ccccc1. The molecule has 3 rings (SSSR count). The highest BCUT2D eigenvalue weighted by molar-refractivity contribution is 5.76. The van der Waals surface area contributed by atoms with E-state index in [1.807, 2.05) is 18.2 Å². The maximum absolute atomic E-state index is 6.02. The van der Waals surface area contributed by atoms with Crippen LogP contribution in [0.2, 0.25) is 0 Å². The first-order chi connectivity index (χ1) is 9.09. The fraction of sp³-hybridized carbons (Fsp3) is 0.438. The van der Waals surface area contributed by atoms with Crippen molar-refractivity contribution in [1.82, 2.24) is 5.16 Å². The molecule has 2 aromatic rings. The molecule has 100 valence electrons. The third-order valence-corrected chi connectivity index (χ3v) is 4.38. The summed E-state index contributed by atoms with van der Waals surface area (Å²) in [6, 6.07) is 10.2. The van der Waals surface area contributed by atoms with Gasteiger partial charge >= 0.3 is 0 Å². The highest BCUT2D eigenvalue weighted by atomic mass is 16.5. The van der Waals surface area contributed by atoms with Crippen molar-refractivity contribution in [3.8, 4) is 11.1 Å². The van der Waals surface area contributed by atoms with E-state index < -0.39 is 0 Å². The zero-order valence-corrected chi connectivity index (χ0v) is 11.5. The second-order valence-corrected chi connectivity index (χ2v) is 6.11. The Morgan fingerprint density at radius 1 is 1.26 bits per heavy atom. The van der Waals surface area contributed by atoms with Gasteiger partial charge in [-0.2, -0.15) is 0 Å². The molecule has 1 unspecified atom stereocenters. The quantitative estimate of drug-likeness (QED) is 0.875. The van der Waals surface area contributed by atoms with E-state index in [0.717, 1.165) is 23.3 Å². The fourth-order valence-electron chi connectivity index (χ4n) is 3.26. The molecule has 1 aliphatic rings. The maximum atomic E-state index is 6.02. The second-order valence-electron chi connectivity index (χ2n) is 6.11. The molecule has 3 nitrogen and oxygen atoms in total. The normalized spacial score (nSPS) is 21.7. The summed E-state index contributed by atoms with van der Waals surface area (Å²) in [6.45, 7) is 4.61. The van der Waals surface area contributed by atoms with Crippen LogP contribution in [0.3, 0.4) is 0 Å². The van der Waals surface area contributed by atoms with Gasteiger partial charge in [-0.3, -0.25) is 0 Å². The third kappa shape index (κ3) is 2.03. The fourth-order valence-corrected chi connectivity index (χ4v) is 3.26. The summed E-state index contributed by atoms with van der Waals surface area (Å²) in [5.74, 6) is 1.88. The van der Waals surface area contributed by atoms with Gasteiger partial charge in [0.05, 0.1) is 5.56 Å². The maximum Gasteiger partial charge on any atom is 0.175 e. The Morgan fingerprint density at radius 3 is 2.63 bits per heavy atom. The number of nitrogens with zero attached hydrogens (tertiary/aromatic N) is 1. The van der Waals surface area contributed by atoms with Crippen molar-refractivity contribution in [1.29, 1.82) is 0 Å². The minimum atomic E-state index is 0.259. The molecular weight excluding hydrogens is 236 g/mol. The Bertz CT molecular complexity index is 572. The molecule has 1 fully saturated rings. The molecule has 1 aliphatic carbocycles. The summed E-state index contributed by atoms with van der Waals surface area (Å²) in [7, 11) is 0. The summed E-state index contributed by atoms with van der Waals surface area (Å²) >= 11 is 0. The molecule has 0 aliphatic heterocycles. The lowest BCUT2D eigenvalue weighted by Crippen LogP contribution is -2.15. The predicted octanol–water partition coefficient (Wildman–Crippen LogP) is 4.22. The summed E-state index contributed by atoms with van der Waals surface area (Å²) < 4.78 is 5.59. The number of hydrogen-bond donors (Lipinski definition) is 1. The molecule has 0 spiro atoms. The summed E-state index contributed by atoms with van der Waals surface area (Å²) in [5.41, 5.74) is 8.37. The topological polar surface area (TPSA) is 52.0 Å². The molecule has 3 heteroatoms. The Kier molecular flexibility index (Phi) is 2.85. The zero-order valence-electron chi connectivity index (χ0n) is 11.5. The van der Waals surface area contributed by atoms with Crippen LogP contribution in [0.15, 0.2) is 34.9 Å². The van der Waals surface area contributed by atoms with E-state index >= 15 is 0 Å². The van der Waals surface area contributed by atoms with Gasteiger partial charge in [0.2, 0.25) is 0 Å². The van der Waals surface area contributed by atoms with Gasteiger partial charge in [0.1, 0.15) is 5.76 Å². The minimum Gasteiger partial charge on any atom is -0.380 e. The Labute approximate surface area is 113 Å². The molecule has 1 atom stereocenters. The van der Waals surface area contributed by atoms with Gasteiger partial charge in [-0.1, -0.05) is 55.8 Å². The molecule has 1 saturated carbocycles. The van der Waals surface area contributed by atoms with Crippen LogP contribution in [-0.2, 0) is 0 Å². The second kappa shape index (κ2) is 4.41. The van der Waals surface area contributed by atoms with Crippen molar-refractivity contribution < 1.29 is 4.52 Å². The van der Waals surface area contributed by atoms with Crippen molar-refractivity contribution >= 4 is 5.82 Å². The van der Waals surface area contributed by atoms with Crippen LogP contribution >= 0.6 is 0 Å². The molecule has 19 heavy (non-hydrogen) atoms. The predicted molar refractivity (Wildman–Crippen MR) is 76.7 cm³/mol. The van der Waals surface area contributed by atoms with E-state index in [1.54, 1.807) is 0 Å². The average Bonchev–Trinajstić information content (AvgIpc) is 2.92. The van der Waals surface area contributed by atoms with Gasteiger partial charge < -0.3 is 10.3 Å². The molecular formula is C16H20N2O. The average molecular weight is 256 g/mol. The number of aromatic nitrogens is 1. The smallest absolute Gasteiger partial charge is 0.175 e. The zero-order chi connectivity index (χ0) is 13.5. The Balaban J connectivity index is 2.09. The highest BCUT2D eigenvalue weighted by Gasteiger charge is 2.40. The Morgan fingerprint density at radius 2 is 2.00 bits per heavy atom. The van der Waals surface area contributed by atoms with Gasteiger partial charge in [0, 0.05) is 5.92 Å². The molecule has 0 radical (unpaired) electrons. The van der Waals surface area contributed by atoms with Gasteiger partial charge in [0.25, 0.3) is 0 Å². The van der Waals surface area contributed by atoms with Crippen LogP contribution in [0, 0.1) is 5.41 Å². The van der Waals surface area contributed by atoms with Gasteiger partial charge in [-0.25, -0.2) is 0 Å². The van der Waals surface area contributed by atoms with Crippen molar-refractivity contribution in [2.45, 2.75) is 39.0 Å². The number of hydrogen-bond acceptors (Lipinski definition) is 3. The van der Waals surface area contributed by atoms with E-state index in [2.05, 4.69) is 31.1 Å². The number of anilines is 1. The van der Waals surface area contributed by atoms with Crippen LogP contribution in [0.4, 0.5) is 5.82 Å². The van der Waals surface area contributed by atoms with E-state index in [0.29, 0.717) is 11.7 Å². The van der Waals surface area contributed by atoms with Crippen LogP contribution in [0.1, 0.15) is 44.8 Å². The third-order valence-electron chi connectivity index (χ3n) is 4.38. The number of benzene rings is 1. The van der Waals surface area contributed by atoms with Crippen LogP contribution in [0.5, 0.6) is 0 Å². The van der Waals surface area contributed by atoms with Gasteiger partial charge in [0.15, 0.2) is 5.82 Å². The number of rotatable bonds is 2. The molecule has 1 aromatic carbocycles. The monoisotopic (exact) mass is 256 g/mol. The highest BCUT2D eigenvalue weighted by Crippen LogP contribution is 2.51. The van der Waals surface area contributed by atoms with E-state index in [9.17, 15) is 0 Å². The largest absolute Gasteiger partial charge is 0.380 e. The van der Waals surface area contributed by atoms with E-state index in [1.165, 1.54) is 12.8 Å². The van der Waals surface area contributed by atoms with Crippen molar-refractivity contribution in [2.75, 3.05) is 5.73 Å². The van der Waals surface area contributed by atoms with E-state index in [-0.39, 0.29) is 5.41 Å². The lowest BCUT2D eigenvalue weighted by molar-refractivity contribution is 0.269. The molecule has 0 saturated heterocycles. The molecule has 1 aromatic heterocycles.